The van der Waals surface area contributed by atoms with Crippen LogP contribution in [0.1, 0.15) is 29.5 Å². The highest BCUT2D eigenvalue weighted by Crippen LogP contribution is 2.20. The molecule has 22 heavy (non-hydrogen) atoms. The number of rotatable bonds is 6. The predicted molar refractivity (Wildman–Crippen MR) is 90.6 cm³/mol. The highest BCUT2D eigenvalue weighted by Gasteiger charge is 2.01. The van der Waals surface area contributed by atoms with E-state index < -0.39 is 0 Å². The molecule has 3 nitrogen and oxygen atoms in total. The van der Waals surface area contributed by atoms with Crippen molar-refractivity contribution in [2.45, 2.75) is 33.1 Å². The van der Waals surface area contributed by atoms with Crippen LogP contribution < -0.4 is 5.32 Å². The Labute approximate surface area is 132 Å². The van der Waals surface area contributed by atoms with E-state index in [2.05, 4.69) is 66.4 Å². The molecule has 0 saturated heterocycles. The van der Waals surface area contributed by atoms with Gasteiger partial charge in [-0.1, -0.05) is 18.2 Å². The summed E-state index contributed by atoms with van der Waals surface area (Å²) in [4.78, 5) is 11.1. The topological polar surface area (TPSA) is 38.3 Å². The third kappa shape index (κ3) is 4.62. The lowest BCUT2D eigenvalue weighted by Crippen LogP contribution is -2.00. The number of carbonyl (C=O) groups excluding carboxylic acids is 1. The van der Waals surface area contributed by atoms with E-state index in [9.17, 15) is 4.79 Å². The van der Waals surface area contributed by atoms with Crippen LogP contribution in [0.2, 0.25) is 0 Å². The number of ether oxygens (including phenoxy) is 1. The van der Waals surface area contributed by atoms with Gasteiger partial charge in [0.1, 0.15) is 0 Å². The van der Waals surface area contributed by atoms with Crippen molar-refractivity contribution in [1.82, 2.24) is 0 Å². The molecule has 2 aromatic rings. The highest BCUT2D eigenvalue weighted by atomic mass is 16.5. The minimum Gasteiger partial charge on any atom is -0.469 e. The molecule has 0 radical (unpaired) electrons. The van der Waals surface area contributed by atoms with E-state index in [0.717, 1.165) is 24.2 Å². The Hall–Kier alpha value is -2.29. The average molecular weight is 297 g/mol. The van der Waals surface area contributed by atoms with Crippen molar-refractivity contribution in [2.75, 3.05) is 12.4 Å². The molecule has 0 aliphatic carbocycles. The minimum atomic E-state index is -0.145. The first kappa shape index (κ1) is 16.1. The fourth-order valence-electron chi connectivity index (χ4n) is 2.28. The number of hydrogen-bond donors (Lipinski definition) is 1. The van der Waals surface area contributed by atoms with E-state index in [4.69, 9.17) is 0 Å². The van der Waals surface area contributed by atoms with E-state index in [0.29, 0.717) is 6.42 Å². The maximum atomic E-state index is 11.1. The number of hydrogen-bond acceptors (Lipinski definition) is 3. The summed E-state index contributed by atoms with van der Waals surface area (Å²) in [6, 6.07) is 14.7. The zero-order valence-electron chi connectivity index (χ0n) is 13.5. The highest BCUT2D eigenvalue weighted by molar-refractivity contribution is 5.69. The predicted octanol–water partition coefficient (Wildman–Crippen LogP) is 4.54. The molecule has 0 amide bonds. The molecule has 116 valence electrons. The molecule has 0 heterocycles. The lowest BCUT2D eigenvalue weighted by molar-refractivity contribution is -0.140. The van der Waals surface area contributed by atoms with Crippen LogP contribution >= 0.6 is 0 Å². The van der Waals surface area contributed by atoms with Crippen LogP contribution in [-0.2, 0) is 16.0 Å². The standard InChI is InChI=1S/C19H23NO2/c1-14-7-10-18(13-15(14)2)20-17-11-8-16(9-12-17)5-4-6-19(21)22-3/h7-13,20H,4-6H2,1-3H3. The molecule has 0 unspecified atom stereocenters. The summed E-state index contributed by atoms with van der Waals surface area (Å²) in [5.41, 5.74) is 5.98. The summed E-state index contributed by atoms with van der Waals surface area (Å²) in [6.45, 7) is 4.23. The third-order valence-corrected chi connectivity index (χ3v) is 3.82. The van der Waals surface area contributed by atoms with Gasteiger partial charge in [-0.3, -0.25) is 4.79 Å². The Balaban J connectivity index is 1.91. The van der Waals surface area contributed by atoms with E-state index >= 15 is 0 Å². The molecular formula is C19H23NO2. The maximum Gasteiger partial charge on any atom is 0.305 e. The van der Waals surface area contributed by atoms with Gasteiger partial charge in [0.05, 0.1) is 7.11 Å². The second kappa shape index (κ2) is 7.64. The maximum absolute atomic E-state index is 11.1. The van der Waals surface area contributed by atoms with Crippen LogP contribution in [-0.4, -0.2) is 13.1 Å². The van der Waals surface area contributed by atoms with Gasteiger partial charge in [-0.05, 0) is 67.6 Å². The molecular weight excluding hydrogens is 274 g/mol. The number of benzene rings is 2. The van der Waals surface area contributed by atoms with Crippen molar-refractivity contribution in [2.24, 2.45) is 0 Å². The Kier molecular flexibility index (Phi) is 5.59. The molecule has 0 saturated carbocycles. The van der Waals surface area contributed by atoms with Gasteiger partial charge in [-0.15, -0.1) is 0 Å². The van der Waals surface area contributed by atoms with Gasteiger partial charge in [0.15, 0.2) is 0 Å². The first-order valence-corrected chi connectivity index (χ1v) is 7.58. The summed E-state index contributed by atoms with van der Waals surface area (Å²) in [7, 11) is 1.43. The van der Waals surface area contributed by atoms with Crippen molar-refractivity contribution in [1.29, 1.82) is 0 Å². The number of anilines is 2. The molecule has 2 rings (SSSR count). The van der Waals surface area contributed by atoms with Crippen molar-refractivity contribution < 1.29 is 9.53 Å². The Morgan fingerprint density at radius 3 is 2.32 bits per heavy atom. The van der Waals surface area contributed by atoms with E-state index in [1.165, 1.54) is 23.8 Å². The van der Waals surface area contributed by atoms with E-state index in [1.54, 1.807) is 0 Å². The third-order valence-electron chi connectivity index (χ3n) is 3.82. The van der Waals surface area contributed by atoms with Crippen molar-refractivity contribution in [3.8, 4) is 0 Å². The minimum absolute atomic E-state index is 0.145. The summed E-state index contributed by atoms with van der Waals surface area (Å²) in [5, 5.41) is 3.41. The fourth-order valence-corrected chi connectivity index (χ4v) is 2.28. The lowest BCUT2D eigenvalue weighted by Gasteiger charge is -2.09. The van der Waals surface area contributed by atoms with Gasteiger partial charge in [0, 0.05) is 17.8 Å². The monoisotopic (exact) mass is 297 g/mol. The molecule has 3 heteroatoms. The van der Waals surface area contributed by atoms with E-state index in [-0.39, 0.29) is 5.97 Å². The lowest BCUT2D eigenvalue weighted by atomic mass is 10.1. The number of nitrogens with one attached hydrogen (secondary N) is 1. The molecule has 0 bridgehead atoms. The molecule has 1 N–H and O–H groups in total. The van der Waals surface area contributed by atoms with Crippen LogP contribution in [0.15, 0.2) is 42.5 Å². The molecule has 0 spiro atoms. The zero-order valence-corrected chi connectivity index (χ0v) is 13.5. The molecule has 0 aliphatic heterocycles. The van der Waals surface area contributed by atoms with Gasteiger partial charge in [0.2, 0.25) is 0 Å². The Morgan fingerprint density at radius 2 is 1.68 bits per heavy atom. The van der Waals surface area contributed by atoms with E-state index in [1.807, 2.05) is 0 Å². The molecule has 0 fully saturated rings. The largest absolute Gasteiger partial charge is 0.469 e. The molecule has 0 aromatic heterocycles. The van der Waals surface area contributed by atoms with Crippen LogP contribution in [0.5, 0.6) is 0 Å². The molecule has 2 aromatic carbocycles. The number of aryl methyl sites for hydroxylation is 3. The molecule has 0 atom stereocenters. The van der Waals surface area contributed by atoms with Gasteiger partial charge in [-0.2, -0.15) is 0 Å². The SMILES string of the molecule is COC(=O)CCCc1ccc(Nc2ccc(C)c(C)c2)cc1. The average Bonchev–Trinajstić information content (AvgIpc) is 2.52. The van der Waals surface area contributed by atoms with Crippen LogP contribution in [0.4, 0.5) is 11.4 Å². The number of esters is 1. The molecule has 0 aliphatic rings. The quantitative estimate of drug-likeness (QED) is 0.795. The summed E-state index contributed by atoms with van der Waals surface area (Å²) < 4.78 is 4.64. The van der Waals surface area contributed by atoms with Crippen molar-refractivity contribution in [3.05, 3.63) is 59.2 Å². The Bertz CT molecular complexity index is 632. The first-order valence-electron chi connectivity index (χ1n) is 7.58. The normalized spacial score (nSPS) is 10.3. The number of methoxy groups -OCH3 is 1. The zero-order chi connectivity index (χ0) is 15.9. The summed E-state index contributed by atoms with van der Waals surface area (Å²) in [5.74, 6) is -0.145. The first-order chi connectivity index (χ1) is 10.6. The van der Waals surface area contributed by atoms with Gasteiger partial charge in [-0.25, -0.2) is 0 Å². The van der Waals surface area contributed by atoms with Crippen molar-refractivity contribution in [3.63, 3.8) is 0 Å². The Morgan fingerprint density at radius 1 is 1.00 bits per heavy atom. The van der Waals surface area contributed by atoms with Gasteiger partial charge >= 0.3 is 5.97 Å². The van der Waals surface area contributed by atoms with Crippen molar-refractivity contribution >= 4 is 17.3 Å². The van der Waals surface area contributed by atoms with Crippen LogP contribution in [0.3, 0.4) is 0 Å². The smallest absolute Gasteiger partial charge is 0.305 e. The van der Waals surface area contributed by atoms with Gasteiger partial charge < -0.3 is 10.1 Å². The summed E-state index contributed by atoms with van der Waals surface area (Å²) in [6.07, 6.45) is 2.18. The number of carbonyl (C=O) groups is 1. The second-order valence-electron chi connectivity index (χ2n) is 5.55. The van der Waals surface area contributed by atoms with Gasteiger partial charge in [0.25, 0.3) is 0 Å². The fraction of sp³-hybridized carbons (Fsp3) is 0.316. The second-order valence-corrected chi connectivity index (χ2v) is 5.55. The summed E-state index contributed by atoms with van der Waals surface area (Å²) >= 11 is 0. The van der Waals surface area contributed by atoms with Crippen LogP contribution in [0, 0.1) is 13.8 Å². The van der Waals surface area contributed by atoms with Crippen LogP contribution in [0.25, 0.3) is 0 Å².